The first kappa shape index (κ1) is 16.0. The number of halogens is 1. The van der Waals surface area contributed by atoms with Crippen molar-refractivity contribution < 1.29 is 8.42 Å². The van der Waals surface area contributed by atoms with Crippen LogP contribution in [0.25, 0.3) is 0 Å². The Kier molecular flexibility index (Phi) is 4.62. The van der Waals surface area contributed by atoms with Crippen molar-refractivity contribution in [3.63, 3.8) is 0 Å². The quantitative estimate of drug-likeness (QED) is 0.806. The topological polar surface area (TPSA) is 37.4 Å². The molecule has 1 aliphatic heterocycles. The number of rotatable bonds is 2. The standard InChI is InChI=1S/C15H22BrNO2S/c1-10-5-11(2)9-17(8-10)20(18,19)15-7-12(3)14(16)6-13(15)4/h6-7,10-11H,5,8-9H2,1-4H3/t10-,11-/m0/s1. The molecule has 1 saturated heterocycles. The summed E-state index contributed by atoms with van der Waals surface area (Å²) < 4.78 is 28.4. The Hall–Kier alpha value is -0.390. The molecular weight excluding hydrogens is 338 g/mol. The average molecular weight is 360 g/mol. The third kappa shape index (κ3) is 3.10. The van der Waals surface area contributed by atoms with Gasteiger partial charge in [0.25, 0.3) is 0 Å². The van der Waals surface area contributed by atoms with E-state index in [-0.39, 0.29) is 0 Å². The molecule has 0 spiro atoms. The van der Waals surface area contributed by atoms with E-state index in [2.05, 4.69) is 29.8 Å². The largest absolute Gasteiger partial charge is 0.243 e. The lowest BCUT2D eigenvalue weighted by Crippen LogP contribution is -2.42. The van der Waals surface area contributed by atoms with Crippen molar-refractivity contribution in [1.82, 2.24) is 4.31 Å². The van der Waals surface area contributed by atoms with Gasteiger partial charge in [-0.2, -0.15) is 4.31 Å². The molecule has 1 fully saturated rings. The van der Waals surface area contributed by atoms with E-state index in [0.717, 1.165) is 22.0 Å². The van der Waals surface area contributed by atoms with Crippen LogP contribution < -0.4 is 0 Å². The Morgan fingerprint density at radius 3 is 2.20 bits per heavy atom. The van der Waals surface area contributed by atoms with E-state index >= 15 is 0 Å². The lowest BCUT2D eigenvalue weighted by Gasteiger charge is -2.34. The second kappa shape index (κ2) is 5.78. The number of nitrogens with zero attached hydrogens (tertiary/aromatic N) is 1. The Balaban J connectivity index is 2.42. The number of hydrogen-bond donors (Lipinski definition) is 0. The molecule has 1 aromatic carbocycles. The molecule has 0 aliphatic carbocycles. The number of piperidine rings is 1. The molecular formula is C15H22BrNO2S. The lowest BCUT2D eigenvalue weighted by atomic mass is 9.94. The Labute approximate surface area is 130 Å². The van der Waals surface area contributed by atoms with E-state index in [4.69, 9.17) is 0 Å². The zero-order valence-electron chi connectivity index (χ0n) is 12.5. The number of aryl methyl sites for hydroxylation is 2. The maximum Gasteiger partial charge on any atom is 0.243 e. The predicted molar refractivity (Wildman–Crippen MR) is 85.3 cm³/mol. The summed E-state index contributed by atoms with van der Waals surface area (Å²) in [4.78, 5) is 0.444. The zero-order chi connectivity index (χ0) is 15.1. The fourth-order valence-electron chi connectivity index (χ4n) is 2.97. The van der Waals surface area contributed by atoms with Crippen LogP contribution in [0, 0.1) is 25.7 Å². The summed E-state index contributed by atoms with van der Waals surface area (Å²) in [5.41, 5.74) is 1.75. The first-order chi connectivity index (χ1) is 9.21. The van der Waals surface area contributed by atoms with Gasteiger partial charge < -0.3 is 0 Å². The summed E-state index contributed by atoms with van der Waals surface area (Å²) in [6.07, 6.45) is 1.10. The second-order valence-corrected chi connectivity index (χ2v) is 8.90. The summed E-state index contributed by atoms with van der Waals surface area (Å²) in [6.45, 7) is 9.27. The van der Waals surface area contributed by atoms with Crippen molar-refractivity contribution >= 4 is 26.0 Å². The van der Waals surface area contributed by atoms with Crippen LogP contribution in [0.1, 0.15) is 31.4 Å². The molecule has 0 unspecified atom stereocenters. The fraction of sp³-hybridized carbons (Fsp3) is 0.600. The van der Waals surface area contributed by atoms with Crippen molar-refractivity contribution in [3.8, 4) is 0 Å². The fourth-order valence-corrected chi connectivity index (χ4v) is 5.40. The normalized spacial score (nSPS) is 24.9. The van der Waals surface area contributed by atoms with Gasteiger partial charge in [-0.05, 0) is 55.4 Å². The molecule has 0 bridgehead atoms. The summed E-state index contributed by atoms with van der Waals surface area (Å²) in [5, 5.41) is 0. The molecule has 0 amide bonds. The van der Waals surface area contributed by atoms with Crippen molar-refractivity contribution in [2.45, 2.75) is 39.0 Å². The van der Waals surface area contributed by atoms with Crippen molar-refractivity contribution in [2.75, 3.05) is 13.1 Å². The minimum absolute atomic E-state index is 0.422. The van der Waals surface area contributed by atoms with Gasteiger partial charge in [-0.1, -0.05) is 29.8 Å². The molecule has 0 saturated carbocycles. The van der Waals surface area contributed by atoms with Crippen LogP contribution in [0.3, 0.4) is 0 Å². The van der Waals surface area contributed by atoms with Gasteiger partial charge in [0.05, 0.1) is 4.90 Å². The lowest BCUT2D eigenvalue weighted by molar-refractivity contribution is 0.222. The second-order valence-electron chi connectivity index (χ2n) is 6.13. The molecule has 112 valence electrons. The molecule has 1 aromatic rings. The van der Waals surface area contributed by atoms with Gasteiger partial charge >= 0.3 is 0 Å². The van der Waals surface area contributed by atoms with Gasteiger partial charge in [-0.3, -0.25) is 0 Å². The van der Waals surface area contributed by atoms with E-state index < -0.39 is 10.0 Å². The predicted octanol–water partition coefficient (Wildman–Crippen LogP) is 3.73. The highest BCUT2D eigenvalue weighted by Gasteiger charge is 2.32. The van der Waals surface area contributed by atoms with E-state index in [9.17, 15) is 8.42 Å². The minimum Gasteiger partial charge on any atom is -0.207 e. The Bertz CT molecular complexity index is 603. The van der Waals surface area contributed by atoms with Crippen LogP contribution in [0.15, 0.2) is 21.5 Å². The van der Waals surface area contributed by atoms with E-state index in [1.165, 1.54) is 0 Å². The minimum atomic E-state index is -3.39. The summed E-state index contributed by atoms with van der Waals surface area (Å²) in [6, 6.07) is 3.66. The van der Waals surface area contributed by atoms with Gasteiger partial charge in [0.1, 0.15) is 0 Å². The summed E-state index contributed by atoms with van der Waals surface area (Å²) in [7, 11) is -3.39. The molecule has 3 nitrogen and oxygen atoms in total. The highest BCUT2D eigenvalue weighted by atomic mass is 79.9. The summed E-state index contributed by atoms with van der Waals surface area (Å²) in [5.74, 6) is 0.843. The van der Waals surface area contributed by atoms with Gasteiger partial charge in [-0.15, -0.1) is 0 Å². The first-order valence-corrected chi connectivity index (χ1v) is 9.22. The first-order valence-electron chi connectivity index (χ1n) is 6.98. The van der Waals surface area contributed by atoms with Crippen LogP contribution in [0.5, 0.6) is 0 Å². The highest BCUT2D eigenvalue weighted by Crippen LogP contribution is 2.30. The van der Waals surface area contributed by atoms with E-state index in [0.29, 0.717) is 29.8 Å². The van der Waals surface area contributed by atoms with Gasteiger partial charge in [0, 0.05) is 17.6 Å². The Morgan fingerprint density at radius 1 is 1.10 bits per heavy atom. The van der Waals surface area contributed by atoms with Crippen LogP contribution in [-0.2, 0) is 10.0 Å². The molecule has 1 aliphatic rings. The van der Waals surface area contributed by atoms with Gasteiger partial charge in [-0.25, -0.2) is 8.42 Å². The maximum absolute atomic E-state index is 12.9. The molecule has 0 radical (unpaired) electrons. The number of sulfonamides is 1. The molecule has 0 N–H and O–H groups in total. The average Bonchev–Trinajstić information content (AvgIpc) is 2.32. The third-order valence-corrected chi connectivity index (χ3v) is 6.74. The highest BCUT2D eigenvalue weighted by molar-refractivity contribution is 9.10. The van der Waals surface area contributed by atoms with Gasteiger partial charge in [0.2, 0.25) is 10.0 Å². The van der Waals surface area contributed by atoms with Crippen LogP contribution in [0.4, 0.5) is 0 Å². The summed E-state index contributed by atoms with van der Waals surface area (Å²) >= 11 is 3.45. The molecule has 5 heteroatoms. The SMILES string of the molecule is Cc1cc(S(=O)(=O)N2C[C@@H](C)C[C@H](C)C2)c(C)cc1Br. The monoisotopic (exact) mass is 359 g/mol. The van der Waals surface area contributed by atoms with Crippen molar-refractivity contribution in [3.05, 3.63) is 27.7 Å². The molecule has 2 rings (SSSR count). The molecule has 20 heavy (non-hydrogen) atoms. The smallest absolute Gasteiger partial charge is 0.207 e. The van der Waals surface area contributed by atoms with Crippen LogP contribution >= 0.6 is 15.9 Å². The number of hydrogen-bond acceptors (Lipinski definition) is 2. The third-order valence-electron chi connectivity index (χ3n) is 3.91. The van der Waals surface area contributed by atoms with E-state index in [1.54, 1.807) is 10.4 Å². The van der Waals surface area contributed by atoms with Crippen LogP contribution in [-0.4, -0.2) is 25.8 Å². The zero-order valence-corrected chi connectivity index (χ0v) is 14.9. The number of benzene rings is 1. The van der Waals surface area contributed by atoms with E-state index in [1.807, 2.05) is 19.9 Å². The molecule has 2 atom stereocenters. The van der Waals surface area contributed by atoms with Crippen LogP contribution in [0.2, 0.25) is 0 Å². The maximum atomic E-state index is 12.9. The van der Waals surface area contributed by atoms with Crippen molar-refractivity contribution in [1.29, 1.82) is 0 Å². The molecule has 1 heterocycles. The van der Waals surface area contributed by atoms with Gasteiger partial charge in [0.15, 0.2) is 0 Å². The Morgan fingerprint density at radius 2 is 1.65 bits per heavy atom. The molecule has 0 aromatic heterocycles. The van der Waals surface area contributed by atoms with Crippen molar-refractivity contribution in [2.24, 2.45) is 11.8 Å².